The lowest BCUT2D eigenvalue weighted by molar-refractivity contribution is -0.140. The van der Waals surface area contributed by atoms with Crippen molar-refractivity contribution in [1.29, 1.82) is 0 Å². The molecule has 1 aromatic heterocycles. The number of furan rings is 1. The fourth-order valence-electron chi connectivity index (χ4n) is 1.47. The minimum absolute atomic E-state index is 0.190. The Morgan fingerprint density at radius 1 is 1.47 bits per heavy atom. The molecule has 0 N–H and O–H groups in total. The van der Waals surface area contributed by atoms with Crippen LogP contribution in [0.2, 0.25) is 0 Å². The molecule has 17 heavy (non-hydrogen) atoms. The van der Waals surface area contributed by atoms with Gasteiger partial charge >= 0.3 is 5.97 Å². The van der Waals surface area contributed by atoms with Gasteiger partial charge in [-0.1, -0.05) is 0 Å². The largest absolute Gasteiger partial charge is 0.469 e. The average molecular weight is 239 g/mol. The lowest BCUT2D eigenvalue weighted by Crippen LogP contribution is -2.33. The summed E-state index contributed by atoms with van der Waals surface area (Å²) >= 11 is 0. The van der Waals surface area contributed by atoms with E-state index in [1.165, 1.54) is 13.4 Å². The quantitative estimate of drug-likeness (QED) is 0.732. The Bertz CT molecular complexity index is 397. The summed E-state index contributed by atoms with van der Waals surface area (Å²) in [5, 5.41) is 0. The normalized spacial score (nSPS) is 10.1. The molecule has 0 saturated carbocycles. The van der Waals surface area contributed by atoms with Gasteiger partial charge in [0.2, 0.25) is 0 Å². The van der Waals surface area contributed by atoms with Gasteiger partial charge in [-0.15, -0.1) is 0 Å². The van der Waals surface area contributed by atoms with E-state index >= 15 is 0 Å². The standard InChI is InChI=1S/C12H17NO4/c1-4-13(7-5-10(14)16-3)12(15)11-9(2)6-8-17-11/h6,8H,4-5,7H2,1-3H3. The number of nitrogens with zero attached hydrogens (tertiary/aromatic N) is 1. The molecule has 5 nitrogen and oxygen atoms in total. The van der Waals surface area contributed by atoms with E-state index in [4.69, 9.17) is 4.42 Å². The number of carbonyl (C=O) groups is 2. The molecule has 0 saturated heterocycles. The summed E-state index contributed by atoms with van der Waals surface area (Å²) in [5.41, 5.74) is 0.798. The predicted octanol–water partition coefficient (Wildman–Crippen LogP) is 1.61. The van der Waals surface area contributed by atoms with Crippen LogP contribution in [0, 0.1) is 6.92 Å². The van der Waals surface area contributed by atoms with Crippen molar-refractivity contribution in [2.75, 3.05) is 20.2 Å². The first kappa shape index (κ1) is 13.3. The van der Waals surface area contributed by atoms with Gasteiger partial charge in [-0.3, -0.25) is 9.59 Å². The van der Waals surface area contributed by atoms with Crippen molar-refractivity contribution in [2.24, 2.45) is 0 Å². The van der Waals surface area contributed by atoms with Crippen molar-refractivity contribution in [2.45, 2.75) is 20.3 Å². The Balaban J connectivity index is 2.65. The van der Waals surface area contributed by atoms with Crippen LogP contribution in [0.25, 0.3) is 0 Å². The monoisotopic (exact) mass is 239 g/mol. The second-order valence-electron chi connectivity index (χ2n) is 3.64. The fraction of sp³-hybridized carbons (Fsp3) is 0.500. The second kappa shape index (κ2) is 6.08. The lowest BCUT2D eigenvalue weighted by Gasteiger charge is -2.19. The van der Waals surface area contributed by atoms with Crippen LogP contribution >= 0.6 is 0 Å². The van der Waals surface area contributed by atoms with E-state index in [0.29, 0.717) is 18.8 Å². The first-order valence-corrected chi connectivity index (χ1v) is 5.50. The molecule has 1 amide bonds. The van der Waals surface area contributed by atoms with E-state index in [9.17, 15) is 9.59 Å². The number of ether oxygens (including phenoxy) is 1. The maximum Gasteiger partial charge on any atom is 0.307 e. The number of hydrogen-bond donors (Lipinski definition) is 0. The van der Waals surface area contributed by atoms with Gasteiger partial charge in [0.15, 0.2) is 5.76 Å². The first-order valence-electron chi connectivity index (χ1n) is 5.50. The van der Waals surface area contributed by atoms with Crippen molar-refractivity contribution in [3.63, 3.8) is 0 Å². The summed E-state index contributed by atoms with van der Waals surface area (Å²) < 4.78 is 9.67. The number of esters is 1. The molecule has 94 valence electrons. The van der Waals surface area contributed by atoms with Crippen molar-refractivity contribution in [3.8, 4) is 0 Å². The lowest BCUT2D eigenvalue weighted by atomic mass is 10.2. The average Bonchev–Trinajstić information content (AvgIpc) is 2.75. The molecule has 0 atom stereocenters. The summed E-state index contributed by atoms with van der Waals surface area (Å²) in [5.74, 6) is -0.192. The number of amides is 1. The number of rotatable bonds is 5. The molecule has 0 aliphatic carbocycles. The summed E-state index contributed by atoms with van der Waals surface area (Å²) in [7, 11) is 1.33. The predicted molar refractivity (Wildman–Crippen MR) is 61.7 cm³/mol. The van der Waals surface area contributed by atoms with E-state index in [1.807, 2.05) is 13.8 Å². The molecule has 1 heterocycles. The highest BCUT2D eigenvalue weighted by Crippen LogP contribution is 2.12. The molecule has 0 unspecified atom stereocenters. The Labute approximate surface area is 100 Å². The van der Waals surface area contributed by atoms with Crippen LogP contribution in [-0.4, -0.2) is 37.0 Å². The van der Waals surface area contributed by atoms with Crippen LogP contribution in [0.3, 0.4) is 0 Å². The summed E-state index contributed by atoms with van der Waals surface area (Å²) in [6.07, 6.45) is 1.67. The molecule has 1 rings (SSSR count). The van der Waals surface area contributed by atoms with Crippen LogP contribution in [0.15, 0.2) is 16.7 Å². The molecule has 0 aliphatic heterocycles. The van der Waals surface area contributed by atoms with Crippen LogP contribution < -0.4 is 0 Å². The van der Waals surface area contributed by atoms with Gasteiger partial charge in [0, 0.05) is 18.7 Å². The van der Waals surface area contributed by atoms with Crippen molar-refractivity contribution in [1.82, 2.24) is 4.90 Å². The van der Waals surface area contributed by atoms with E-state index in [-0.39, 0.29) is 18.3 Å². The van der Waals surface area contributed by atoms with E-state index in [0.717, 1.165) is 5.56 Å². The number of carbonyl (C=O) groups excluding carboxylic acids is 2. The third-order valence-electron chi connectivity index (χ3n) is 2.54. The van der Waals surface area contributed by atoms with Gasteiger partial charge in [0.25, 0.3) is 5.91 Å². The third-order valence-corrected chi connectivity index (χ3v) is 2.54. The maximum atomic E-state index is 12.0. The molecule has 0 fully saturated rings. The van der Waals surface area contributed by atoms with Crippen LogP contribution in [-0.2, 0) is 9.53 Å². The number of aryl methyl sites for hydroxylation is 1. The number of methoxy groups -OCH3 is 1. The molecule has 0 aromatic carbocycles. The van der Waals surface area contributed by atoms with Crippen LogP contribution in [0.4, 0.5) is 0 Å². The Morgan fingerprint density at radius 2 is 2.18 bits per heavy atom. The van der Waals surface area contributed by atoms with Gasteiger partial charge in [0.1, 0.15) is 0 Å². The summed E-state index contributed by atoms with van der Waals surface area (Å²) in [4.78, 5) is 24.6. The topological polar surface area (TPSA) is 59.8 Å². The van der Waals surface area contributed by atoms with Crippen LogP contribution in [0.1, 0.15) is 29.5 Å². The van der Waals surface area contributed by atoms with Crippen LogP contribution in [0.5, 0.6) is 0 Å². The second-order valence-corrected chi connectivity index (χ2v) is 3.64. The number of hydrogen-bond acceptors (Lipinski definition) is 4. The fourth-order valence-corrected chi connectivity index (χ4v) is 1.47. The molecular weight excluding hydrogens is 222 g/mol. The van der Waals surface area contributed by atoms with E-state index in [1.54, 1.807) is 11.0 Å². The van der Waals surface area contributed by atoms with Gasteiger partial charge in [0.05, 0.1) is 19.8 Å². The minimum Gasteiger partial charge on any atom is -0.469 e. The molecule has 0 spiro atoms. The molecule has 0 radical (unpaired) electrons. The Hall–Kier alpha value is -1.78. The van der Waals surface area contributed by atoms with Crippen molar-refractivity contribution >= 4 is 11.9 Å². The zero-order chi connectivity index (χ0) is 12.8. The molecule has 5 heteroatoms. The van der Waals surface area contributed by atoms with E-state index < -0.39 is 0 Å². The van der Waals surface area contributed by atoms with Crippen molar-refractivity contribution in [3.05, 3.63) is 23.7 Å². The highest BCUT2D eigenvalue weighted by molar-refractivity contribution is 5.93. The maximum absolute atomic E-state index is 12.0. The first-order chi connectivity index (χ1) is 8.10. The van der Waals surface area contributed by atoms with Gasteiger partial charge in [-0.2, -0.15) is 0 Å². The summed E-state index contributed by atoms with van der Waals surface area (Å²) in [6, 6.07) is 1.74. The molecule has 0 aliphatic rings. The van der Waals surface area contributed by atoms with Gasteiger partial charge in [-0.05, 0) is 19.9 Å². The third kappa shape index (κ3) is 3.34. The van der Waals surface area contributed by atoms with Gasteiger partial charge < -0.3 is 14.1 Å². The van der Waals surface area contributed by atoms with Crippen molar-refractivity contribution < 1.29 is 18.7 Å². The SMILES string of the molecule is CCN(CCC(=O)OC)C(=O)c1occc1C. The molecule has 1 aromatic rings. The zero-order valence-corrected chi connectivity index (χ0v) is 10.4. The smallest absolute Gasteiger partial charge is 0.307 e. The van der Waals surface area contributed by atoms with Gasteiger partial charge in [-0.25, -0.2) is 0 Å². The highest BCUT2D eigenvalue weighted by Gasteiger charge is 2.19. The highest BCUT2D eigenvalue weighted by atomic mass is 16.5. The Kier molecular flexibility index (Phi) is 4.75. The Morgan fingerprint density at radius 3 is 2.65 bits per heavy atom. The zero-order valence-electron chi connectivity index (χ0n) is 10.4. The minimum atomic E-state index is -0.326. The van der Waals surface area contributed by atoms with E-state index in [2.05, 4.69) is 4.74 Å². The molecular formula is C12H17NO4. The molecule has 0 bridgehead atoms. The summed E-state index contributed by atoms with van der Waals surface area (Å²) in [6.45, 7) is 4.52.